The fourth-order valence-electron chi connectivity index (χ4n) is 4.87. The van der Waals surface area contributed by atoms with Crippen LogP contribution < -0.4 is 15.4 Å². The van der Waals surface area contributed by atoms with E-state index in [1.807, 2.05) is 45.0 Å². The van der Waals surface area contributed by atoms with Gasteiger partial charge in [0.2, 0.25) is 5.91 Å². The van der Waals surface area contributed by atoms with Gasteiger partial charge in [-0.3, -0.25) is 24.0 Å². The number of fused-ring (bicyclic) bond motifs is 2. The Hall–Kier alpha value is -3.97. The molecule has 0 aliphatic carbocycles. The van der Waals surface area contributed by atoms with Gasteiger partial charge in [0.25, 0.3) is 11.8 Å². The monoisotopic (exact) mass is 618 g/mol. The van der Waals surface area contributed by atoms with Crippen molar-refractivity contribution in [3.63, 3.8) is 0 Å². The van der Waals surface area contributed by atoms with Crippen LogP contribution in [-0.2, 0) is 21.4 Å². The zero-order valence-electron chi connectivity index (χ0n) is 23.9. The molecule has 3 amide bonds. The Morgan fingerprint density at radius 3 is 1.98 bits per heavy atom. The number of hydrogen-bond acceptors (Lipinski definition) is 6. The van der Waals surface area contributed by atoms with Gasteiger partial charge in [-0.05, 0) is 66.3 Å². The second-order valence-corrected chi connectivity index (χ2v) is 12.7. The Balaban J connectivity index is 1.32. The standard InChI is InChI=1S/C30H33F3N4O5S/c1-18(2)14-26(27(38)34-17-20-8-10-23(11-9-20)36-43(41,42)30(31,32)33)35-19(3)12-13-37-28(39)24-15-21-6-4-5-7-22(21)16-25(24)29(37)40/h4-11,15-16,18-19,26,35-36H,12-14,17H2,1-3H3,(H,34,38)/t19-,26+/m1/s1. The van der Waals surface area contributed by atoms with Gasteiger partial charge in [0.15, 0.2) is 0 Å². The van der Waals surface area contributed by atoms with Crippen LogP contribution in [0.4, 0.5) is 18.9 Å². The van der Waals surface area contributed by atoms with Crippen molar-refractivity contribution in [3.05, 3.63) is 77.4 Å². The molecule has 0 fully saturated rings. The van der Waals surface area contributed by atoms with E-state index < -0.39 is 21.6 Å². The summed E-state index contributed by atoms with van der Waals surface area (Å²) >= 11 is 0. The van der Waals surface area contributed by atoms with Crippen LogP contribution in [0.15, 0.2) is 60.7 Å². The van der Waals surface area contributed by atoms with E-state index in [4.69, 9.17) is 0 Å². The van der Waals surface area contributed by atoms with Crippen LogP contribution in [0.25, 0.3) is 10.8 Å². The zero-order chi connectivity index (χ0) is 31.5. The van der Waals surface area contributed by atoms with E-state index in [1.165, 1.54) is 33.9 Å². The number of nitrogens with one attached hydrogen (secondary N) is 3. The molecule has 3 N–H and O–H groups in total. The van der Waals surface area contributed by atoms with Gasteiger partial charge in [-0.2, -0.15) is 21.6 Å². The summed E-state index contributed by atoms with van der Waals surface area (Å²) in [4.78, 5) is 40.4. The van der Waals surface area contributed by atoms with Crippen molar-refractivity contribution in [2.75, 3.05) is 11.3 Å². The average Bonchev–Trinajstić information content (AvgIpc) is 3.16. The van der Waals surface area contributed by atoms with Gasteiger partial charge < -0.3 is 10.6 Å². The third-order valence-corrected chi connectivity index (χ3v) is 8.22. The molecule has 9 nitrogen and oxygen atoms in total. The predicted octanol–water partition coefficient (Wildman–Crippen LogP) is 4.80. The number of alkyl halides is 3. The smallest absolute Gasteiger partial charge is 0.351 e. The predicted molar refractivity (Wildman–Crippen MR) is 157 cm³/mol. The molecule has 1 heterocycles. The summed E-state index contributed by atoms with van der Waals surface area (Å²) < 4.78 is 61.8. The van der Waals surface area contributed by atoms with Crippen molar-refractivity contribution in [1.82, 2.24) is 15.5 Å². The second-order valence-electron chi connectivity index (χ2n) is 11.0. The van der Waals surface area contributed by atoms with Crippen molar-refractivity contribution >= 4 is 44.2 Å². The van der Waals surface area contributed by atoms with Crippen molar-refractivity contribution < 1.29 is 36.0 Å². The van der Waals surface area contributed by atoms with Crippen LogP contribution in [0, 0.1) is 5.92 Å². The zero-order valence-corrected chi connectivity index (χ0v) is 24.7. The molecule has 2 atom stereocenters. The molecule has 1 aliphatic rings. The highest BCUT2D eigenvalue weighted by Crippen LogP contribution is 2.28. The Morgan fingerprint density at radius 1 is 0.907 bits per heavy atom. The molecule has 13 heteroatoms. The van der Waals surface area contributed by atoms with Gasteiger partial charge in [0.05, 0.1) is 17.2 Å². The van der Waals surface area contributed by atoms with E-state index in [0.717, 1.165) is 10.8 Å². The van der Waals surface area contributed by atoms with Crippen LogP contribution in [-0.4, -0.2) is 55.2 Å². The topological polar surface area (TPSA) is 125 Å². The summed E-state index contributed by atoms with van der Waals surface area (Å²) in [7, 11) is -5.53. The van der Waals surface area contributed by atoms with E-state index in [-0.39, 0.29) is 48.5 Å². The lowest BCUT2D eigenvalue weighted by Gasteiger charge is -2.25. The van der Waals surface area contributed by atoms with E-state index in [2.05, 4.69) is 10.6 Å². The molecule has 43 heavy (non-hydrogen) atoms. The number of sulfonamides is 1. The third-order valence-electron chi connectivity index (χ3n) is 7.11. The van der Waals surface area contributed by atoms with E-state index in [9.17, 15) is 36.0 Å². The van der Waals surface area contributed by atoms with Gasteiger partial charge >= 0.3 is 15.5 Å². The quantitative estimate of drug-likeness (QED) is 0.251. The highest BCUT2D eigenvalue weighted by Gasteiger charge is 2.46. The molecular formula is C30H33F3N4O5S. The molecule has 0 unspecified atom stereocenters. The maximum atomic E-state index is 13.1. The molecule has 0 spiro atoms. The minimum absolute atomic E-state index is 0.0686. The van der Waals surface area contributed by atoms with Crippen LogP contribution in [0.5, 0.6) is 0 Å². The van der Waals surface area contributed by atoms with Crippen molar-refractivity contribution in [2.24, 2.45) is 5.92 Å². The normalized spacial score (nSPS) is 15.1. The molecule has 230 valence electrons. The number of amides is 3. The van der Waals surface area contributed by atoms with Crippen molar-refractivity contribution in [1.29, 1.82) is 0 Å². The number of benzene rings is 3. The Labute approximate surface area is 247 Å². The number of carbonyl (C=O) groups excluding carboxylic acids is 3. The number of anilines is 1. The summed E-state index contributed by atoms with van der Waals surface area (Å²) in [6.07, 6.45) is 0.927. The highest BCUT2D eigenvalue weighted by atomic mass is 32.2. The lowest BCUT2D eigenvalue weighted by Crippen LogP contribution is -2.48. The first-order chi connectivity index (χ1) is 20.2. The molecule has 4 rings (SSSR count). The number of halogens is 3. The Bertz CT molecular complexity index is 1570. The minimum Gasteiger partial charge on any atom is -0.351 e. The molecule has 0 saturated heterocycles. The number of nitrogens with zero attached hydrogens (tertiary/aromatic N) is 1. The second kappa shape index (κ2) is 12.7. The first-order valence-corrected chi connectivity index (χ1v) is 15.3. The van der Waals surface area contributed by atoms with E-state index >= 15 is 0 Å². The van der Waals surface area contributed by atoms with Gasteiger partial charge in [0, 0.05) is 24.8 Å². The van der Waals surface area contributed by atoms with Gasteiger partial charge in [-0.25, -0.2) is 0 Å². The molecule has 3 aromatic rings. The van der Waals surface area contributed by atoms with Gasteiger partial charge in [-0.15, -0.1) is 0 Å². The summed E-state index contributed by atoms with van der Waals surface area (Å²) in [5.74, 6) is -0.810. The van der Waals surface area contributed by atoms with Crippen LogP contribution in [0.2, 0.25) is 0 Å². The lowest BCUT2D eigenvalue weighted by molar-refractivity contribution is -0.124. The van der Waals surface area contributed by atoms with E-state index in [1.54, 1.807) is 12.1 Å². The highest BCUT2D eigenvalue weighted by molar-refractivity contribution is 7.93. The SMILES string of the molecule is CC(C)C[C@H](N[C@H](C)CCN1C(=O)c2cc3ccccc3cc2C1=O)C(=O)NCc1ccc(NS(=O)(=O)C(F)(F)F)cc1. The molecular weight excluding hydrogens is 585 g/mol. The maximum absolute atomic E-state index is 13.1. The van der Waals surface area contributed by atoms with Crippen molar-refractivity contribution in [2.45, 2.75) is 57.7 Å². The van der Waals surface area contributed by atoms with Crippen LogP contribution in [0.1, 0.15) is 59.9 Å². The van der Waals surface area contributed by atoms with E-state index in [0.29, 0.717) is 29.5 Å². The molecule has 3 aromatic carbocycles. The molecule has 0 aromatic heterocycles. The fourth-order valence-corrected chi connectivity index (χ4v) is 5.43. The summed E-state index contributed by atoms with van der Waals surface area (Å²) in [6.45, 7) is 6.05. The number of hydrogen-bond donors (Lipinski definition) is 3. The van der Waals surface area contributed by atoms with Gasteiger partial charge in [-0.1, -0.05) is 50.2 Å². The minimum atomic E-state index is -5.53. The van der Waals surface area contributed by atoms with Crippen molar-refractivity contribution in [3.8, 4) is 0 Å². The van der Waals surface area contributed by atoms with Gasteiger partial charge in [0.1, 0.15) is 0 Å². The number of carbonyl (C=O) groups is 3. The molecule has 0 radical (unpaired) electrons. The number of imide groups is 1. The summed E-state index contributed by atoms with van der Waals surface area (Å²) in [5.41, 5.74) is -4.38. The average molecular weight is 619 g/mol. The van der Waals surface area contributed by atoms with Crippen LogP contribution in [0.3, 0.4) is 0 Å². The summed E-state index contributed by atoms with van der Waals surface area (Å²) in [6, 6.07) is 15.4. The summed E-state index contributed by atoms with van der Waals surface area (Å²) in [5, 5.41) is 7.85. The molecule has 0 saturated carbocycles. The molecule has 1 aliphatic heterocycles. The fraction of sp³-hybridized carbons (Fsp3) is 0.367. The maximum Gasteiger partial charge on any atom is 0.516 e. The largest absolute Gasteiger partial charge is 0.516 e. The Kier molecular flexibility index (Phi) is 9.45. The molecule has 0 bridgehead atoms. The third kappa shape index (κ3) is 7.52. The lowest BCUT2D eigenvalue weighted by atomic mass is 10.0. The first-order valence-electron chi connectivity index (χ1n) is 13.8. The van der Waals surface area contributed by atoms with Crippen LogP contribution >= 0.6 is 0 Å². The first kappa shape index (κ1) is 32.0. The number of rotatable bonds is 12. The Morgan fingerprint density at radius 2 is 1.47 bits per heavy atom.